The highest BCUT2D eigenvalue weighted by molar-refractivity contribution is 6.36. The van der Waals surface area contributed by atoms with Gasteiger partial charge >= 0.3 is 0 Å². The Bertz CT molecular complexity index is 1120. The lowest BCUT2D eigenvalue weighted by atomic mass is 10.1. The fraction of sp³-hybridized carbons (Fsp3) is 0.273. The Labute approximate surface area is 179 Å². The molecule has 0 radical (unpaired) electrons. The summed E-state index contributed by atoms with van der Waals surface area (Å²) < 4.78 is 0. The summed E-state index contributed by atoms with van der Waals surface area (Å²) >= 11 is 12.4. The van der Waals surface area contributed by atoms with Crippen molar-refractivity contribution in [3.63, 3.8) is 0 Å². The fourth-order valence-electron chi connectivity index (χ4n) is 3.51. The summed E-state index contributed by atoms with van der Waals surface area (Å²) in [6, 6.07) is 11.2. The molecule has 1 aliphatic heterocycles. The van der Waals surface area contributed by atoms with Crippen LogP contribution in [0.4, 0.5) is 0 Å². The van der Waals surface area contributed by atoms with Crippen LogP contribution < -0.4 is 0 Å². The number of nitrogens with one attached hydrogen (secondary N) is 1. The number of amides is 1. The molecular weight excluding hydrogens is 407 g/mol. The molecule has 0 aliphatic carbocycles. The van der Waals surface area contributed by atoms with E-state index in [1.54, 1.807) is 18.2 Å². The number of likely N-dealkylation sites (N-methyl/N-ethyl adjacent to an activating group) is 1. The first kappa shape index (κ1) is 19.8. The van der Waals surface area contributed by atoms with Gasteiger partial charge in [-0.2, -0.15) is 5.10 Å². The Hall–Kier alpha value is -2.52. The largest absolute Gasteiger partial charge is 0.337 e. The van der Waals surface area contributed by atoms with Crippen LogP contribution in [0.25, 0.3) is 10.9 Å². The lowest BCUT2D eigenvalue weighted by Gasteiger charge is -2.20. The normalized spacial score (nSPS) is 16.3. The van der Waals surface area contributed by atoms with Crippen LogP contribution >= 0.6 is 23.2 Å². The monoisotopic (exact) mass is 426 g/mol. The number of rotatable bonds is 2. The quantitative estimate of drug-likeness (QED) is 0.628. The van der Waals surface area contributed by atoms with E-state index in [4.69, 9.17) is 23.2 Å². The van der Waals surface area contributed by atoms with E-state index in [9.17, 15) is 4.79 Å². The Morgan fingerprint density at radius 2 is 1.97 bits per heavy atom. The third kappa shape index (κ3) is 3.97. The molecule has 1 fully saturated rings. The van der Waals surface area contributed by atoms with Gasteiger partial charge in [-0.3, -0.25) is 9.89 Å². The number of halogens is 2. The number of hydrogen-bond donors (Lipinski definition) is 1. The highest BCUT2D eigenvalue weighted by Gasteiger charge is 2.28. The van der Waals surface area contributed by atoms with E-state index in [2.05, 4.69) is 26.9 Å². The molecule has 0 unspecified atom stereocenters. The van der Waals surface area contributed by atoms with Crippen molar-refractivity contribution in [2.45, 2.75) is 12.5 Å². The average molecular weight is 427 g/mol. The standard InChI is InChI=1S/C22H20Cl2N4O/c1-27(2)15-10-11-28(13-15)22(29)14-6-8-20-17(12-14)21(26-25-20)9-7-16-18(23)4-3-5-19(16)24/h3-6,8,12,15H,10-11,13H2,1-2H3,(H,25,26)/t15-/m1/s1. The Morgan fingerprint density at radius 1 is 1.21 bits per heavy atom. The maximum Gasteiger partial charge on any atom is 0.253 e. The van der Waals surface area contributed by atoms with E-state index < -0.39 is 0 Å². The third-order valence-electron chi connectivity index (χ3n) is 5.26. The fourth-order valence-corrected chi connectivity index (χ4v) is 4.00. The molecule has 1 amide bonds. The van der Waals surface area contributed by atoms with Gasteiger partial charge in [0.25, 0.3) is 5.91 Å². The summed E-state index contributed by atoms with van der Waals surface area (Å²) in [7, 11) is 4.10. The topological polar surface area (TPSA) is 52.2 Å². The lowest BCUT2D eigenvalue weighted by Crippen LogP contribution is -2.34. The van der Waals surface area contributed by atoms with Crippen LogP contribution in [-0.2, 0) is 0 Å². The first-order valence-corrected chi connectivity index (χ1v) is 10.1. The number of nitrogens with zero attached hydrogens (tertiary/aromatic N) is 3. The summed E-state index contributed by atoms with van der Waals surface area (Å²) in [4.78, 5) is 17.0. The molecule has 1 atom stereocenters. The van der Waals surface area contributed by atoms with Gasteiger partial charge in [0.1, 0.15) is 5.69 Å². The molecule has 4 rings (SSSR count). The molecule has 1 N–H and O–H groups in total. The van der Waals surface area contributed by atoms with Gasteiger partial charge in [0.15, 0.2) is 0 Å². The summed E-state index contributed by atoms with van der Waals surface area (Å²) in [6.07, 6.45) is 0.988. The predicted octanol–water partition coefficient (Wildman–Crippen LogP) is 4.05. The minimum absolute atomic E-state index is 0.0329. The van der Waals surface area contributed by atoms with Crippen molar-refractivity contribution in [2.24, 2.45) is 0 Å². The van der Waals surface area contributed by atoms with Gasteiger partial charge in [-0.1, -0.05) is 35.2 Å². The molecule has 7 heteroatoms. The van der Waals surface area contributed by atoms with E-state index in [1.807, 2.05) is 37.2 Å². The van der Waals surface area contributed by atoms with Gasteiger partial charge < -0.3 is 9.80 Å². The van der Waals surface area contributed by atoms with Crippen LogP contribution in [0.5, 0.6) is 0 Å². The molecule has 0 bridgehead atoms. The molecule has 5 nitrogen and oxygen atoms in total. The highest BCUT2D eigenvalue weighted by atomic mass is 35.5. The lowest BCUT2D eigenvalue weighted by molar-refractivity contribution is 0.0783. The molecule has 148 valence electrons. The number of H-pyrrole nitrogens is 1. The molecule has 3 aromatic rings. The van der Waals surface area contributed by atoms with E-state index in [1.165, 1.54) is 0 Å². The number of hydrogen-bond acceptors (Lipinski definition) is 3. The van der Waals surface area contributed by atoms with Crippen LogP contribution in [0, 0.1) is 11.8 Å². The van der Waals surface area contributed by atoms with Crippen molar-refractivity contribution in [3.05, 3.63) is 63.3 Å². The maximum atomic E-state index is 13.0. The zero-order chi connectivity index (χ0) is 20.5. The number of fused-ring (bicyclic) bond motifs is 1. The molecule has 1 aliphatic rings. The second kappa shape index (κ2) is 8.08. The van der Waals surface area contributed by atoms with Gasteiger partial charge in [0, 0.05) is 30.1 Å². The Kier molecular flexibility index (Phi) is 5.51. The number of aromatic amines is 1. The van der Waals surface area contributed by atoms with Gasteiger partial charge in [0.2, 0.25) is 0 Å². The average Bonchev–Trinajstić information content (AvgIpc) is 3.34. The molecule has 1 saturated heterocycles. The van der Waals surface area contributed by atoms with Gasteiger partial charge in [0.05, 0.1) is 21.1 Å². The first-order valence-electron chi connectivity index (χ1n) is 9.34. The Morgan fingerprint density at radius 3 is 2.66 bits per heavy atom. The molecule has 1 aromatic heterocycles. The second-order valence-electron chi connectivity index (χ2n) is 7.34. The molecule has 29 heavy (non-hydrogen) atoms. The summed E-state index contributed by atoms with van der Waals surface area (Å²) in [5.74, 6) is 6.06. The van der Waals surface area contributed by atoms with Crippen molar-refractivity contribution >= 4 is 40.0 Å². The van der Waals surface area contributed by atoms with Crippen molar-refractivity contribution in [1.29, 1.82) is 0 Å². The number of aromatic nitrogens is 2. The zero-order valence-corrected chi connectivity index (χ0v) is 17.7. The van der Waals surface area contributed by atoms with Crippen molar-refractivity contribution in [3.8, 4) is 11.8 Å². The minimum Gasteiger partial charge on any atom is -0.337 e. The molecule has 2 heterocycles. The van der Waals surface area contributed by atoms with Crippen LogP contribution in [0.3, 0.4) is 0 Å². The van der Waals surface area contributed by atoms with Crippen LogP contribution in [0.2, 0.25) is 10.0 Å². The van der Waals surface area contributed by atoms with Crippen LogP contribution in [0.15, 0.2) is 36.4 Å². The SMILES string of the molecule is CN(C)[C@@H]1CCN(C(=O)c2ccc3[nH]nc(C#Cc4c(Cl)cccc4Cl)c3c2)C1. The zero-order valence-electron chi connectivity index (χ0n) is 16.2. The van der Waals surface area contributed by atoms with Crippen molar-refractivity contribution < 1.29 is 4.79 Å². The summed E-state index contributed by atoms with van der Waals surface area (Å²) in [6.45, 7) is 1.51. The van der Waals surface area contributed by atoms with Crippen molar-refractivity contribution in [2.75, 3.05) is 27.2 Å². The predicted molar refractivity (Wildman–Crippen MR) is 117 cm³/mol. The van der Waals surface area contributed by atoms with Gasteiger partial charge in [-0.15, -0.1) is 0 Å². The van der Waals surface area contributed by atoms with E-state index in [-0.39, 0.29) is 5.91 Å². The molecule has 2 aromatic carbocycles. The molecule has 0 spiro atoms. The summed E-state index contributed by atoms with van der Waals surface area (Å²) in [5, 5.41) is 9.03. The van der Waals surface area contributed by atoms with Crippen LogP contribution in [-0.4, -0.2) is 59.1 Å². The smallest absolute Gasteiger partial charge is 0.253 e. The maximum absolute atomic E-state index is 13.0. The molecular formula is C22H20Cl2N4O. The molecule has 0 saturated carbocycles. The number of likely N-dealkylation sites (tertiary alicyclic amines) is 1. The van der Waals surface area contributed by atoms with E-state index >= 15 is 0 Å². The Balaban J connectivity index is 1.64. The highest BCUT2D eigenvalue weighted by Crippen LogP contribution is 2.24. The first-order chi connectivity index (χ1) is 13.9. The number of benzene rings is 2. The van der Waals surface area contributed by atoms with Crippen molar-refractivity contribution in [1.82, 2.24) is 20.0 Å². The number of carbonyl (C=O) groups is 1. The minimum atomic E-state index is 0.0329. The van der Waals surface area contributed by atoms with Gasteiger partial charge in [-0.25, -0.2) is 0 Å². The van der Waals surface area contributed by atoms with E-state index in [0.717, 1.165) is 30.4 Å². The van der Waals surface area contributed by atoms with Gasteiger partial charge in [-0.05, 0) is 56.8 Å². The third-order valence-corrected chi connectivity index (χ3v) is 5.89. The summed E-state index contributed by atoms with van der Waals surface area (Å²) in [5.41, 5.74) is 2.57. The van der Waals surface area contributed by atoms with Crippen LogP contribution in [0.1, 0.15) is 28.0 Å². The van der Waals surface area contributed by atoms with E-state index in [0.29, 0.717) is 32.9 Å². The number of carbonyl (C=O) groups excluding carboxylic acids is 1. The second-order valence-corrected chi connectivity index (χ2v) is 8.15.